The van der Waals surface area contributed by atoms with Gasteiger partial charge >= 0.3 is 6.09 Å². The minimum absolute atomic E-state index is 0.181. The van der Waals surface area contributed by atoms with Gasteiger partial charge in [-0.15, -0.1) is 0 Å². The molecule has 2 N–H and O–H groups in total. The summed E-state index contributed by atoms with van der Waals surface area (Å²) in [6, 6.07) is 4.40. The maximum atomic E-state index is 13.2. The van der Waals surface area contributed by atoms with Crippen molar-refractivity contribution in [3.63, 3.8) is 0 Å². The van der Waals surface area contributed by atoms with Crippen LogP contribution in [0.1, 0.15) is 45.7 Å². The van der Waals surface area contributed by atoms with E-state index in [2.05, 4.69) is 10.3 Å². The van der Waals surface area contributed by atoms with Crippen LogP contribution >= 0.6 is 0 Å². The highest BCUT2D eigenvalue weighted by Gasteiger charge is 2.21. The molecule has 1 unspecified atom stereocenters. The standard InChI is InChI=1S/C16H21FN2O2/c1-5-13(19-15(20)21-16(2,3)4)12-9-18-14-8-10(17)6-7-11(12)14/h6-9,13,18H,5H2,1-4H3,(H,19,20). The predicted molar refractivity (Wildman–Crippen MR) is 80.7 cm³/mol. The monoisotopic (exact) mass is 292 g/mol. The molecule has 0 spiro atoms. The van der Waals surface area contributed by atoms with Crippen LogP contribution in [0.3, 0.4) is 0 Å². The van der Waals surface area contributed by atoms with Gasteiger partial charge in [-0.1, -0.05) is 6.92 Å². The quantitative estimate of drug-likeness (QED) is 0.887. The van der Waals surface area contributed by atoms with Crippen molar-refractivity contribution >= 4 is 17.0 Å². The number of benzene rings is 1. The number of aromatic nitrogens is 1. The van der Waals surface area contributed by atoms with Crippen LogP contribution in [0, 0.1) is 5.82 Å². The van der Waals surface area contributed by atoms with E-state index in [0.717, 1.165) is 16.5 Å². The molecule has 0 aliphatic heterocycles. The van der Waals surface area contributed by atoms with Gasteiger partial charge in [0.15, 0.2) is 0 Å². The molecule has 21 heavy (non-hydrogen) atoms. The molecule has 0 radical (unpaired) electrons. The highest BCUT2D eigenvalue weighted by molar-refractivity contribution is 5.84. The summed E-state index contributed by atoms with van der Waals surface area (Å²) >= 11 is 0. The van der Waals surface area contributed by atoms with E-state index in [-0.39, 0.29) is 11.9 Å². The molecule has 1 aromatic carbocycles. The third kappa shape index (κ3) is 3.74. The third-order valence-electron chi connectivity index (χ3n) is 3.15. The maximum Gasteiger partial charge on any atom is 0.408 e. The number of hydrogen-bond donors (Lipinski definition) is 2. The molecule has 1 atom stereocenters. The van der Waals surface area contributed by atoms with E-state index in [4.69, 9.17) is 4.74 Å². The molecular weight excluding hydrogens is 271 g/mol. The molecule has 114 valence electrons. The van der Waals surface area contributed by atoms with Crippen LogP contribution in [0.2, 0.25) is 0 Å². The molecule has 0 bridgehead atoms. The number of carbonyl (C=O) groups is 1. The Balaban J connectivity index is 2.22. The SMILES string of the molecule is CCC(NC(=O)OC(C)(C)C)c1c[nH]c2cc(F)ccc12. The van der Waals surface area contributed by atoms with Crippen molar-refractivity contribution in [1.29, 1.82) is 0 Å². The molecule has 0 aliphatic rings. The summed E-state index contributed by atoms with van der Waals surface area (Å²) < 4.78 is 18.5. The van der Waals surface area contributed by atoms with E-state index in [1.165, 1.54) is 12.1 Å². The number of halogens is 1. The summed E-state index contributed by atoms with van der Waals surface area (Å²) in [6.07, 6.45) is 2.06. The minimum Gasteiger partial charge on any atom is -0.444 e. The molecule has 0 aliphatic carbocycles. The van der Waals surface area contributed by atoms with Crippen LogP contribution in [0.15, 0.2) is 24.4 Å². The van der Waals surface area contributed by atoms with Crippen LogP contribution in [0.25, 0.3) is 10.9 Å². The Morgan fingerprint density at radius 2 is 2.14 bits per heavy atom. The number of aromatic amines is 1. The fraction of sp³-hybridized carbons (Fsp3) is 0.438. The van der Waals surface area contributed by atoms with Crippen LogP contribution < -0.4 is 5.32 Å². The van der Waals surface area contributed by atoms with Crippen LogP contribution in [-0.4, -0.2) is 16.7 Å². The van der Waals surface area contributed by atoms with Gasteiger partial charge in [0.1, 0.15) is 11.4 Å². The van der Waals surface area contributed by atoms with Gasteiger partial charge in [-0.3, -0.25) is 0 Å². The van der Waals surface area contributed by atoms with Gasteiger partial charge in [0.25, 0.3) is 0 Å². The highest BCUT2D eigenvalue weighted by atomic mass is 19.1. The number of fused-ring (bicyclic) bond motifs is 1. The van der Waals surface area contributed by atoms with E-state index in [1.807, 2.05) is 27.7 Å². The van der Waals surface area contributed by atoms with Gasteiger partial charge in [0.2, 0.25) is 0 Å². The molecule has 0 saturated heterocycles. The first-order valence-corrected chi connectivity index (χ1v) is 7.06. The summed E-state index contributed by atoms with van der Waals surface area (Å²) in [6.45, 7) is 7.44. The number of hydrogen-bond acceptors (Lipinski definition) is 2. The molecule has 5 heteroatoms. The topological polar surface area (TPSA) is 54.1 Å². The number of H-pyrrole nitrogens is 1. The molecule has 1 amide bonds. The number of ether oxygens (including phenoxy) is 1. The Morgan fingerprint density at radius 1 is 1.43 bits per heavy atom. The number of nitrogens with one attached hydrogen (secondary N) is 2. The zero-order valence-corrected chi connectivity index (χ0v) is 12.8. The van der Waals surface area contributed by atoms with E-state index >= 15 is 0 Å². The predicted octanol–water partition coefficient (Wildman–Crippen LogP) is 4.28. The normalized spacial score (nSPS) is 13.2. The summed E-state index contributed by atoms with van der Waals surface area (Å²) in [5, 5.41) is 3.76. The summed E-state index contributed by atoms with van der Waals surface area (Å²) in [5.74, 6) is -0.288. The largest absolute Gasteiger partial charge is 0.444 e. The zero-order valence-electron chi connectivity index (χ0n) is 12.8. The lowest BCUT2D eigenvalue weighted by atomic mass is 10.0. The lowest BCUT2D eigenvalue weighted by molar-refractivity contribution is 0.0502. The molecule has 0 fully saturated rings. The first-order chi connectivity index (χ1) is 9.80. The summed E-state index contributed by atoms with van der Waals surface area (Å²) in [7, 11) is 0. The average Bonchev–Trinajstić information content (AvgIpc) is 2.76. The first kappa shape index (κ1) is 15.4. The molecule has 1 heterocycles. The van der Waals surface area contributed by atoms with Crippen molar-refractivity contribution in [3.8, 4) is 0 Å². The summed E-state index contributed by atoms with van der Waals surface area (Å²) in [4.78, 5) is 14.9. The maximum absolute atomic E-state index is 13.2. The van der Waals surface area contributed by atoms with Crippen molar-refractivity contribution in [2.24, 2.45) is 0 Å². The zero-order chi connectivity index (χ0) is 15.6. The first-order valence-electron chi connectivity index (χ1n) is 7.06. The highest BCUT2D eigenvalue weighted by Crippen LogP contribution is 2.27. The fourth-order valence-electron chi connectivity index (χ4n) is 2.26. The number of rotatable bonds is 3. The van der Waals surface area contributed by atoms with Crippen LogP contribution in [-0.2, 0) is 4.74 Å². The fourth-order valence-corrected chi connectivity index (χ4v) is 2.26. The van der Waals surface area contributed by atoms with Crippen LogP contribution in [0.5, 0.6) is 0 Å². The van der Waals surface area contributed by atoms with Gasteiger partial charge in [0, 0.05) is 17.1 Å². The van der Waals surface area contributed by atoms with Crippen molar-refractivity contribution in [3.05, 3.63) is 35.8 Å². The minimum atomic E-state index is -0.536. The Hall–Kier alpha value is -2.04. The Morgan fingerprint density at radius 3 is 2.76 bits per heavy atom. The molecule has 0 saturated carbocycles. The lowest BCUT2D eigenvalue weighted by Crippen LogP contribution is -2.34. The molecular formula is C16H21FN2O2. The van der Waals surface area contributed by atoms with E-state index in [9.17, 15) is 9.18 Å². The van der Waals surface area contributed by atoms with Gasteiger partial charge in [-0.2, -0.15) is 0 Å². The molecule has 1 aromatic heterocycles. The van der Waals surface area contributed by atoms with Gasteiger partial charge in [0.05, 0.1) is 6.04 Å². The van der Waals surface area contributed by atoms with Gasteiger partial charge < -0.3 is 15.0 Å². The summed E-state index contributed by atoms with van der Waals surface area (Å²) in [5.41, 5.74) is 1.11. The van der Waals surface area contributed by atoms with Gasteiger partial charge in [-0.05, 0) is 51.0 Å². The van der Waals surface area contributed by atoms with E-state index in [0.29, 0.717) is 6.42 Å². The Labute approximate surface area is 123 Å². The smallest absolute Gasteiger partial charge is 0.408 e. The second-order valence-corrected chi connectivity index (χ2v) is 6.04. The van der Waals surface area contributed by atoms with Crippen LogP contribution in [0.4, 0.5) is 9.18 Å². The Kier molecular flexibility index (Phi) is 4.21. The molecule has 2 rings (SSSR count). The van der Waals surface area contributed by atoms with Crippen molar-refractivity contribution in [2.75, 3.05) is 0 Å². The molecule has 4 nitrogen and oxygen atoms in total. The lowest BCUT2D eigenvalue weighted by Gasteiger charge is -2.23. The second kappa shape index (κ2) is 5.76. The van der Waals surface area contributed by atoms with Crippen molar-refractivity contribution < 1.29 is 13.9 Å². The van der Waals surface area contributed by atoms with E-state index in [1.54, 1.807) is 12.3 Å². The number of carbonyl (C=O) groups excluding carboxylic acids is 1. The van der Waals surface area contributed by atoms with E-state index < -0.39 is 11.7 Å². The van der Waals surface area contributed by atoms with Crippen molar-refractivity contribution in [1.82, 2.24) is 10.3 Å². The number of amides is 1. The van der Waals surface area contributed by atoms with Gasteiger partial charge in [-0.25, -0.2) is 9.18 Å². The Bertz CT molecular complexity index is 643. The third-order valence-corrected chi connectivity index (χ3v) is 3.15. The average molecular weight is 292 g/mol. The van der Waals surface area contributed by atoms with Crippen molar-refractivity contribution in [2.45, 2.75) is 45.8 Å². The molecule has 2 aromatic rings. The number of alkyl carbamates (subject to hydrolysis) is 1. The second-order valence-electron chi connectivity index (χ2n) is 6.04.